The third-order valence-electron chi connectivity index (χ3n) is 15.7. The van der Waals surface area contributed by atoms with Crippen molar-refractivity contribution in [3.63, 3.8) is 0 Å². The minimum atomic E-state index is -6.13. The van der Waals surface area contributed by atoms with Gasteiger partial charge in [-0.2, -0.15) is 61.1 Å². The number of benzene rings is 1. The van der Waals surface area contributed by atoms with Gasteiger partial charge >= 0.3 is 48.6 Å². The van der Waals surface area contributed by atoms with E-state index in [1.54, 1.807) is 0 Å². The molecule has 1 aromatic carbocycles. The first-order valence-corrected chi connectivity index (χ1v) is 23.5. The number of alkyl halides is 12. The topological polar surface area (TPSA) is 200 Å². The molecule has 7 unspecified atom stereocenters. The second kappa shape index (κ2) is 17.7. The summed E-state index contributed by atoms with van der Waals surface area (Å²) in [4.78, 5) is 53.2. The fourth-order valence-corrected chi connectivity index (χ4v) is 13.7. The van der Waals surface area contributed by atoms with Crippen LogP contribution in [0.5, 0.6) is 0 Å². The zero-order valence-corrected chi connectivity index (χ0v) is 37.1. The summed E-state index contributed by atoms with van der Waals surface area (Å²) in [5.74, 6) is -6.70. The Morgan fingerprint density at radius 3 is 1.58 bits per heavy atom. The Morgan fingerprint density at radius 2 is 1.07 bits per heavy atom. The quantitative estimate of drug-likeness (QED) is 0.0657. The van der Waals surface area contributed by atoms with Crippen molar-refractivity contribution in [3.05, 3.63) is 29.3 Å². The Morgan fingerprint density at radius 1 is 0.594 bits per heavy atom. The molecule has 7 atom stereocenters. The molecule has 26 heteroatoms. The Hall–Kier alpha value is -3.91. The highest BCUT2D eigenvalue weighted by atomic mass is 32.2. The van der Waals surface area contributed by atoms with Crippen LogP contribution >= 0.6 is 0 Å². The van der Waals surface area contributed by atoms with Gasteiger partial charge in [-0.05, 0) is 118 Å². The van der Waals surface area contributed by atoms with E-state index in [-0.39, 0.29) is 49.4 Å². The van der Waals surface area contributed by atoms with Gasteiger partial charge in [0.05, 0.1) is 53.8 Å². The molecule has 7 saturated carbocycles. The normalized spacial score (nSPS) is 31.3. The second-order valence-corrected chi connectivity index (χ2v) is 21.8. The van der Waals surface area contributed by atoms with Gasteiger partial charge in [0, 0.05) is 23.7 Å². The SMILES string of the molecule is O=C(OCC12CC3CC(C1)CC(C(=O)OCCC(O)(C(F)(F)F)C(F)(F)F)(C3)C2)c1cc(C(=O)OCC23CC4CCC2C(C(=O)OCCC(O)(C(F)(F)F)C(F)(F)F)CC(C4)C3)cc(S(=O)(=O)O)c1. The number of carbonyl (C=O) groups excluding carboxylic acids is 4. The number of hydrogen-bond donors (Lipinski definition) is 3. The number of aliphatic hydroxyl groups is 2. The van der Waals surface area contributed by atoms with Gasteiger partial charge in [0.1, 0.15) is 0 Å². The summed E-state index contributed by atoms with van der Waals surface area (Å²) in [6.45, 7) is -3.64. The molecule has 0 aromatic heterocycles. The first-order chi connectivity index (χ1) is 31.5. The van der Waals surface area contributed by atoms with Crippen LogP contribution in [0.4, 0.5) is 52.7 Å². The fraction of sp³-hybridized carbons (Fsp3) is 0.767. The number of ether oxygens (including phenoxy) is 4. The van der Waals surface area contributed by atoms with E-state index in [0.29, 0.717) is 63.5 Å². The van der Waals surface area contributed by atoms with Gasteiger partial charge in [-0.1, -0.05) is 6.42 Å². The minimum Gasteiger partial charge on any atom is -0.465 e. The van der Waals surface area contributed by atoms with E-state index in [9.17, 15) is 95.0 Å². The van der Waals surface area contributed by atoms with Crippen molar-refractivity contribution in [2.75, 3.05) is 26.4 Å². The van der Waals surface area contributed by atoms with E-state index in [1.807, 2.05) is 0 Å². The molecule has 0 heterocycles. The summed E-state index contributed by atoms with van der Waals surface area (Å²) < 4.78 is 215. The van der Waals surface area contributed by atoms with E-state index in [4.69, 9.17) is 18.9 Å². The van der Waals surface area contributed by atoms with Crippen LogP contribution in [0.25, 0.3) is 0 Å². The van der Waals surface area contributed by atoms with Crippen molar-refractivity contribution in [2.45, 2.75) is 131 Å². The lowest BCUT2D eigenvalue weighted by atomic mass is 9.44. The maximum absolute atomic E-state index is 13.7. The van der Waals surface area contributed by atoms with Crippen LogP contribution in [0, 0.1) is 51.8 Å². The number of carbonyl (C=O) groups is 4. The van der Waals surface area contributed by atoms with Crippen molar-refractivity contribution in [1.29, 1.82) is 0 Å². The molecule has 13 nitrogen and oxygen atoms in total. The van der Waals surface area contributed by atoms with Crippen LogP contribution in [0.1, 0.15) is 111 Å². The lowest BCUT2D eigenvalue weighted by molar-refractivity contribution is -0.371. The van der Waals surface area contributed by atoms with Crippen molar-refractivity contribution >= 4 is 34.0 Å². The van der Waals surface area contributed by atoms with Crippen molar-refractivity contribution in [2.24, 2.45) is 51.8 Å². The molecule has 0 spiro atoms. The molecule has 8 rings (SSSR count). The van der Waals surface area contributed by atoms with Crippen molar-refractivity contribution < 1.29 is 114 Å². The molecule has 0 saturated heterocycles. The standard InChI is InChI=1S/C43H48F12O13S/c44-40(45,46)38(60,41(47,48)49)3-5-65-33(58)29-9-23-7-22-1-2-30(29)37(15-22,16-23)21-68-32(57)27-10-26(11-28(12-27)69(62,63)64)31(56)67-20-35-13-24-8-25(14-35)18-36(17-24,19-35)34(59)66-6-4-39(61,42(50,51)52)43(53,54)55/h10-12,22-25,29-30,60-61H,1-9,13-21H2,(H,62,63,64). The largest absolute Gasteiger partial charge is 0.465 e. The van der Waals surface area contributed by atoms with Gasteiger partial charge in [-0.15, -0.1) is 0 Å². The van der Waals surface area contributed by atoms with E-state index in [0.717, 1.165) is 6.07 Å². The van der Waals surface area contributed by atoms with E-state index >= 15 is 0 Å². The molecular weight excluding hydrogens is 985 g/mol. The van der Waals surface area contributed by atoms with Crippen molar-refractivity contribution in [1.82, 2.24) is 0 Å². The summed E-state index contributed by atoms with van der Waals surface area (Å²) in [5, 5.41) is 19.0. The maximum atomic E-state index is 13.7. The van der Waals surface area contributed by atoms with E-state index in [1.165, 1.54) is 0 Å². The molecular formula is C43H48F12O13S. The molecule has 0 aliphatic heterocycles. The zero-order valence-electron chi connectivity index (χ0n) is 36.3. The number of esters is 4. The number of rotatable bonds is 15. The Balaban J connectivity index is 1.02. The molecule has 7 fully saturated rings. The van der Waals surface area contributed by atoms with Gasteiger partial charge in [-0.25, -0.2) is 9.59 Å². The van der Waals surface area contributed by atoms with Crippen molar-refractivity contribution in [3.8, 4) is 0 Å². The summed E-state index contributed by atoms with van der Waals surface area (Å²) in [5.41, 5.74) is -14.7. The fourth-order valence-electron chi connectivity index (χ4n) is 13.1. The molecule has 0 amide bonds. The number of hydrogen-bond acceptors (Lipinski definition) is 12. The maximum Gasteiger partial charge on any atom is 0.426 e. The van der Waals surface area contributed by atoms with E-state index in [2.05, 4.69) is 0 Å². The average molecular weight is 1030 g/mol. The Labute approximate surface area is 385 Å². The summed E-state index contributed by atoms with van der Waals surface area (Å²) in [6.07, 6.45) is -24.3. The molecule has 7 aliphatic rings. The molecule has 7 bridgehead atoms. The van der Waals surface area contributed by atoms with Gasteiger partial charge < -0.3 is 29.2 Å². The number of halogens is 12. The van der Waals surface area contributed by atoms with Gasteiger partial charge in [0.15, 0.2) is 0 Å². The van der Waals surface area contributed by atoms with Crippen LogP contribution in [0.3, 0.4) is 0 Å². The van der Waals surface area contributed by atoms with Gasteiger partial charge in [0.2, 0.25) is 0 Å². The monoisotopic (exact) mass is 1030 g/mol. The molecule has 69 heavy (non-hydrogen) atoms. The molecule has 1 aromatic rings. The zero-order chi connectivity index (χ0) is 51.2. The first-order valence-electron chi connectivity index (χ1n) is 22.1. The Bertz CT molecular complexity index is 2250. The van der Waals surface area contributed by atoms with Crippen LogP contribution in [-0.4, -0.2) is 109 Å². The molecule has 388 valence electrons. The molecule has 7 aliphatic carbocycles. The third-order valence-corrected chi connectivity index (χ3v) is 16.5. The predicted octanol–water partition coefficient (Wildman–Crippen LogP) is 8.24. The Kier molecular flexibility index (Phi) is 13.6. The van der Waals surface area contributed by atoms with Crippen LogP contribution < -0.4 is 0 Å². The lowest BCUT2D eigenvalue weighted by Gasteiger charge is -2.60. The van der Waals surface area contributed by atoms with Crippen LogP contribution in [0.2, 0.25) is 0 Å². The van der Waals surface area contributed by atoms with Gasteiger partial charge in [0.25, 0.3) is 21.3 Å². The lowest BCUT2D eigenvalue weighted by Crippen LogP contribution is -2.58. The average Bonchev–Trinajstić information content (AvgIpc) is 3.21. The molecule has 0 radical (unpaired) electrons. The van der Waals surface area contributed by atoms with Gasteiger partial charge in [-0.3, -0.25) is 14.1 Å². The highest BCUT2D eigenvalue weighted by Gasteiger charge is 2.71. The second-order valence-electron chi connectivity index (χ2n) is 20.4. The summed E-state index contributed by atoms with van der Waals surface area (Å²) in [6, 6.07) is 2.34. The van der Waals surface area contributed by atoms with E-state index < -0.39 is 153 Å². The highest BCUT2D eigenvalue weighted by molar-refractivity contribution is 7.85. The third kappa shape index (κ3) is 10.0. The predicted molar refractivity (Wildman–Crippen MR) is 206 cm³/mol. The van der Waals surface area contributed by atoms with Crippen LogP contribution in [-0.2, 0) is 38.7 Å². The molecule has 3 N–H and O–H groups in total. The first kappa shape index (κ1) is 52.9. The summed E-state index contributed by atoms with van der Waals surface area (Å²) in [7, 11) is -5.12. The smallest absolute Gasteiger partial charge is 0.426 e. The van der Waals surface area contributed by atoms with Crippen LogP contribution in [0.15, 0.2) is 23.1 Å². The highest BCUT2D eigenvalue weighted by Crippen LogP contribution is 2.66. The number of fused-ring (bicyclic) bond motifs is 2. The minimum absolute atomic E-state index is 0.0485. The summed E-state index contributed by atoms with van der Waals surface area (Å²) >= 11 is 0.